The molecule has 3 rings (SSSR count). The Bertz CT molecular complexity index is 550. The fourth-order valence-corrected chi connectivity index (χ4v) is 3.74. The van der Waals surface area contributed by atoms with Crippen LogP contribution in [0.4, 0.5) is 0 Å². The number of benzene rings is 1. The fraction of sp³-hybridized carbons (Fsp3) is 0.529. The van der Waals surface area contributed by atoms with Gasteiger partial charge in [-0.25, -0.2) is 4.79 Å². The van der Waals surface area contributed by atoms with Crippen LogP contribution in [-0.2, 0) is 15.0 Å². The normalized spacial score (nSPS) is 27.2. The molecular formula is C17H21NO3. The Morgan fingerprint density at radius 1 is 1.24 bits per heavy atom. The van der Waals surface area contributed by atoms with Crippen molar-refractivity contribution in [2.45, 2.75) is 44.1 Å². The van der Waals surface area contributed by atoms with Crippen LogP contribution in [0, 0.1) is 5.92 Å². The number of hydrogen-bond acceptors (Lipinski definition) is 2. The van der Waals surface area contributed by atoms with Crippen molar-refractivity contribution in [1.82, 2.24) is 4.90 Å². The number of carbonyl (C=O) groups excluding carboxylic acids is 1. The monoisotopic (exact) mass is 287 g/mol. The maximum absolute atomic E-state index is 13.1. The second-order valence-corrected chi connectivity index (χ2v) is 6.35. The van der Waals surface area contributed by atoms with Crippen LogP contribution in [0.25, 0.3) is 0 Å². The highest BCUT2D eigenvalue weighted by molar-refractivity contribution is 5.93. The van der Waals surface area contributed by atoms with Crippen molar-refractivity contribution in [1.29, 1.82) is 0 Å². The van der Waals surface area contributed by atoms with Crippen molar-refractivity contribution in [2.75, 3.05) is 6.54 Å². The van der Waals surface area contributed by atoms with Crippen molar-refractivity contribution < 1.29 is 14.7 Å². The molecule has 1 aromatic rings. The topological polar surface area (TPSA) is 57.6 Å². The number of likely N-dealkylation sites (tertiary alicyclic amines) is 1. The van der Waals surface area contributed by atoms with E-state index in [1.54, 1.807) is 4.90 Å². The third-order valence-electron chi connectivity index (χ3n) is 5.16. The lowest BCUT2D eigenvalue weighted by molar-refractivity contribution is -0.153. The molecule has 1 aliphatic carbocycles. The summed E-state index contributed by atoms with van der Waals surface area (Å²) in [6.45, 7) is 2.48. The molecule has 1 saturated carbocycles. The first-order valence-electron chi connectivity index (χ1n) is 7.66. The van der Waals surface area contributed by atoms with E-state index in [0.717, 1.165) is 31.2 Å². The summed E-state index contributed by atoms with van der Waals surface area (Å²) in [5.41, 5.74) is 0.545. The highest BCUT2D eigenvalue weighted by Crippen LogP contribution is 2.46. The van der Waals surface area contributed by atoms with Crippen molar-refractivity contribution in [3.8, 4) is 0 Å². The van der Waals surface area contributed by atoms with Gasteiger partial charge in [0.2, 0.25) is 5.91 Å². The summed E-state index contributed by atoms with van der Waals surface area (Å²) in [4.78, 5) is 26.2. The minimum Gasteiger partial charge on any atom is -0.480 e. The van der Waals surface area contributed by atoms with E-state index in [4.69, 9.17) is 0 Å². The lowest BCUT2D eigenvalue weighted by Gasteiger charge is -2.44. The Morgan fingerprint density at radius 2 is 1.90 bits per heavy atom. The van der Waals surface area contributed by atoms with E-state index in [2.05, 4.69) is 0 Å². The third-order valence-corrected chi connectivity index (χ3v) is 5.16. The zero-order chi connectivity index (χ0) is 15.0. The van der Waals surface area contributed by atoms with Crippen LogP contribution in [-0.4, -0.2) is 34.5 Å². The molecule has 112 valence electrons. The molecule has 1 aliphatic heterocycles. The van der Waals surface area contributed by atoms with Gasteiger partial charge in [0.25, 0.3) is 0 Å². The van der Waals surface area contributed by atoms with Gasteiger partial charge in [-0.3, -0.25) is 4.79 Å². The Kier molecular flexibility index (Phi) is 3.47. The van der Waals surface area contributed by atoms with E-state index in [0.29, 0.717) is 6.54 Å². The van der Waals surface area contributed by atoms with Gasteiger partial charge in [0.05, 0.1) is 5.41 Å². The lowest BCUT2D eigenvalue weighted by Crippen LogP contribution is -2.54. The minimum atomic E-state index is -0.879. The first-order chi connectivity index (χ1) is 10.1. The lowest BCUT2D eigenvalue weighted by atomic mass is 9.63. The summed E-state index contributed by atoms with van der Waals surface area (Å²) in [7, 11) is 0. The van der Waals surface area contributed by atoms with Gasteiger partial charge in [-0.15, -0.1) is 0 Å². The van der Waals surface area contributed by atoms with Gasteiger partial charge in [0, 0.05) is 6.54 Å². The molecule has 2 unspecified atom stereocenters. The Hall–Kier alpha value is -1.84. The van der Waals surface area contributed by atoms with Gasteiger partial charge in [0.15, 0.2) is 0 Å². The first kappa shape index (κ1) is 14.1. The van der Waals surface area contributed by atoms with Crippen molar-refractivity contribution in [3.05, 3.63) is 35.9 Å². The van der Waals surface area contributed by atoms with Gasteiger partial charge < -0.3 is 10.0 Å². The molecule has 1 saturated heterocycles. The second kappa shape index (κ2) is 5.17. The molecule has 4 nitrogen and oxygen atoms in total. The average Bonchev–Trinajstić information content (AvgIpc) is 2.80. The first-order valence-corrected chi connectivity index (χ1v) is 7.66. The predicted octanol–water partition coefficient (Wildman–Crippen LogP) is 2.43. The van der Waals surface area contributed by atoms with Crippen LogP contribution in [0.3, 0.4) is 0 Å². The number of rotatable bonds is 3. The van der Waals surface area contributed by atoms with Gasteiger partial charge >= 0.3 is 5.97 Å². The Morgan fingerprint density at radius 3 is 2.43 bits per heavy atom. The van der Waals surface area contributed by atoms with Crippen LogP contribution < -0.4 is 0 Å². The summed E-state index contributed by atoms with van der Waals surface area (Å²) in [5.74, 6) is -0.841. The van der Waals surface area contributed by atoms with Crippen molar-refractivity contribution in [2.24, 2.45) is 5.92 Å². The van der Waals surface area contributed by atoms with Gasteiger partial charge in [-0.2, -0.15) is 0 Å². The molecule has 0 aromatic heterocycles. The number of carboxylic acid groups (broad SMARTS) is 1. The minimum absolute atomic E-state index is 0.0108. The van der Waals surface area contributed by atoms with Crippen molar-refractivity contribution >= 4 is 11.9 Å². The van der Waals surface area contributed by atoms with Crippen LogP contribution in [0.2, 0.25) is 0 Å². The summed E-state index contributed by atoms with van der Waals surface area (Å²) < 4.78 is 0. The van der Waals surface area contributed by atoms with E-state index >= 15 is 0 Å². The van der Waals surface area contributed by atoms with E-state index in [-0.39, 0.29) is 11.8 Å². The van der Waals surface area contributed by atoms with E-state index in [1.807, 2.05) is 37.3 Å². The van der Waals surface area contributed by atoms with Gasteiger partial charge in [-0.1, -0.05) is 43.7 Å². The smallest absolute Gasteiger partial charge is 0.326 e. The molecule has 2 aliphatic rings. The number of carbonyl (C=O) groups is 2. The number of amides is 1. The van der Waals surface area contributed by atoms with Crippen LogP contribution in [0.15, 0.2) is 30.3 Å². The Balaban J connectivity index is 1.92. The highest BCUT2D eigenvalue weighted by Gasteiger charge is 2.51. The summed E-state index contributed by atoms with van der Waals surface area (Å²) in [5, 5.41) is 9.44. The molecule has 4 heteroatoms. The molecule has 2 fully saturated rings. The quantitative estimate of drug-likeness (QED) is 0.929. The summed E-state index contributed by atoms with van der Waals surface area (Å²) in [6.07, 6.45) is 3.45. The molecule has 0 spiro atoms. The molecule has 0 bridgehead atoms. The second-order valence-electron chi connectivity index (χ2n) is 6.35. The number of aliphatic carboxylic acids is 1. The maximum Gasteiger partial charge on any atom is 0.326 e. The Labute approximate surface area is 124 Å². The molecule has 1 amide bonds. The zero-order valence-corrected chi connectivity index (χ0v) is 12.3. The standard InChI is InChI=1S/C17H21NO3/c1-12-8-11-18(14(12)15(19)20)16(21)17(9-5-10-17)13-6-3-2-4-7-13/h2-4,6-7,12,14H,5,8-11H2,1H3,(H,19,20). The number of hydrogen-bond donors (Lipinski definition) is 1. The van der Waals surface area contributed by atoms with E-state index in [1.165, 1.54) is 0 Å². The molecule has 0 radical (unpaired) electrons. The number of nitrogens with zero attached hydrogens (tertiary/aromatic N) is 1. The fourth-order valence-electron chi connectivity index (χ4n) is 3.74. The van der Waals surface area contributed by atoms with Gasteiger partial charge in [0.1, 0.15) is 6.04 Å². The SMILES string of the molecule is CC1CCN(C(=O)C2(c3ccccc3)CCC2)C1C(=O)O. The molecule has 1 heterocycles. The third kappa shape index (κ3) is 2.13. The maximum atomic E-state index is 13.1. The van der Waals surface area contributed by atoms with E-state index in [9.17, 15) is 14.7 Å². The predicted molar refractivity (Wildman–Crippen MR) is 78.9 cm³/mol. The van der Waals surface area contributed by atoms with Crippen LogP contribution in [0.5, 0.6) is 0 Å². The van der Waals surface area contributed by atoms with Crippen LogP contribution >= 0.6 is 0 Å². The number of carboxylic acids is 1. The molecular weight excluding hydrogens is 266 g/mol. The average molecular weight is 287 g/mol. The summed E-state index contributed by atoms with van der Waals surface area (Å²) in [6, 6.07) is 9.16. The molecule has 1 N–H and O–H groups in total. The van der Waals surface area contributed by atoms with Crippen molar-refractivity contribution in [3.63, 3.8) is 0 Å². The zero-order valence-electron chi connectivity index (χ0n) is 12.3. The molecule has 2 atom stereocenters. The van der Waals surface area contributed by atoms with E-state index < -0.39 is 17.4 Å². The van der Waals surface area contributed by atoms with Crippen LogP contribution in [0.1, 0.15) is 38.2 Å². The largest absolute Gasteiger partial charge is 0.480 e. The van der Waals surface area contributed by atoms with Gasteiger partial charge in [-0.05, 0) is 30.7 Å². The molecule has 1 aromatic carbocycles. The molecule has 21 heavy (non-hydrogen) atoms. The highest BCUT2D eigenvalue weighted by atomic mass is 16.4. The summed E-state index contributed by atoms with van der Waals surface area (Å²) >= 11 is 0.